The first-order valence-corrected chi connectivity index (χ1v) is 6.71. The van der Waals surface area contributed by atoms with Crippen LogP contribution in [0.5, 0.6) is 0 Å². The van der Waals surface area contributed by atoms with Gasteiger partial charge in [0, 0.05) is 12.5 Å². The third kappa shape index (κ3) is 2.08. The molecule has 0 radical (unpaired) electrons. The molecule has 1 aliphatic carbocycles. The van der Waals surface area contributed by atoms with Crippen LogP contribution in [0.2, 0.25) is 0 Å². The molecule has 17 heavy (non-hydrogen) atoms. The second-order valence-corrected chi connectivity index (χ2v) is 5.14. The Balaban J connectivity index is 1.95. The number of hydrogen-bond donors (Lipinski definition) is 2. The van der Waals surface area contributed by atoms with Gasteiger partial charge in [-0.15, -0.1) is 0 Å². The lowest BCUT2D eigenvalue weighted by molar-refractivity contribution is 0.427. The second kappa shape index (κ2) is 4.51. The van der Waals surface area contributed by atoms with Crippen molar-refractivity contribution in [1.29, 1.82) is 0 Å². The van der Waals surface area contributed by atoms with Gasteiger partial charge >= 0.3 is 0 Å². The van der Waals surface area contributed by atoms with Crippen LogP contribution in [0.25, 0.3) is 0 Å². The number of hydrogen-bond acceptors (Lipinski definition) is 3. The van der Waals surface area contributed by atoms with E-state index in [2.05, 4.69) is 15.3 Å². The quantitative estimate of drug-likeness (QED) is 0.781. The van der Waals surface area contributed by atoms with Gasteiger partial charge in [-0.2, -0.15) is 0 Å². The van der Waals surface area contributed by atoms with Crippen LogP contribution in [-0.4, -0.2) is 16.5 Å². The molecule has 92 valence electrons. The van der Waals surface area contributed by atoms with Gasteiger partial charge in [0.25, 0.3) is 5.56 Å². The molecular weight excluding hydrogens is 214 g/mol. The molecule has 1 aliphatic heterocycles. The number of anilines is 1. The zero-order valence-electron chi connectivity index (χ0n) is 10.1. The Bertz CT molecular complexity index is 460. The molecule has 1 saturated carbocycles. The molecule has 4 nitrogen and oxygen atoms in total. The van der Waals surface area contributed by atoms with Crippen molar-refractivity contribution in [1.82, 2.24) is 9.97 Å². The molecule has 2 heterocycles. The van der Waals surface area contributed by atoms with E-state index in [-0.39, 0.29) is 5.56 Å². The summed E-state index contributed by atoms with van der Waals surface area (Å²) in [6.07, 6.45) is 8.07. The van der Waals surface area contributed by atoms with E-state index in [1.807, 2.05) is 0 Å². The highest BCUT2D eigenvalue weighted by molar-refractivity contribution is 5.45. The maximum Gasteiger partial charge on any atom is 0.256 e. The predicted molar refractivity (Wildman–Crippen MR) is 67.5 cm³/mol. The normalized spacial score (nSPS) is 20.7. The number of nitrogens with one attached hydrogen (secondary N) is 2. The van der Waals surface area contributed by atoms with E-state index in [0.717, 1.165) is 36.6 Å². The molecule has 0 unspecified atom stereocenters. The number of aromatic nitrogens is 2. The zero-order valence-corrected chi connectivity index (χ0v) is 10.1. The molecule has 0 spiro atoms. The minimum absolute atomic E-state index is 0.0720. The van der Waals surface area contributed by atoms with Crippen LogP contribution in [-0.2, 0) is 6.42 Å². The Morgan fingerprint density at radius 2 is 1.94 bits per heavy atom. The highest BCUT2D eigenvalue weighted by Crippen LogP contribution is 2.31. The molecule has 0 amide bonds. The van der Waals surface area contributed by atoms with Gasteiger partial charge in [0.05, 0.1) is 5.56 Å². The largest absolute Gasteiger partial charge is 0.370 e. The first-order chi connectivity index (χ1) is 8.34. The van der Waals surface area contributed by atoms with Crippen LogP contribution in [0.4, 0.5) is 5.82 Å². The molecule has 1 fully saturated rings. The summed E-state index contributed by atoms with van der Waals surface area (Å²) < 4.78 is 0. The summed E-state index contributed by atoms with van der Waals surface area (Å²) in [6, 6.07) is 0. The molecule has 4 heteroatoms. The average molecular weight is 233 g/mol. The van der Waals surface area contributed by atoms with Crippen molar-refractivity contribution in [2.75, 3.05) is 11.9 Å². The Kier molecular flexibility index (Phi) is 2.87. The maximum atomic E-state index is 12.0. The van der Waals surface area contributed by atoms with Crippen molar-refractivity contribution in [3.05, 3.63) is 21.7 Å². The minimum Gasteiger partial charge on any atom is -0.370 e. The number of H-pyrrole nitrogens is 1. The molecule has 0 bridgehead atoms. The van der Waals surface area contributed by atoms with Crippen LogP contribution in [0, 0.1) is 0 Å². The fraction of sp³-hybridized carbons (Fsp3) is 0.692. The number of fused-ring (bicyclic) bond motifs is 1. The predicted octanol–water partition coefficient (Wildman–Crippen LogP) is 2.18. The fourth-order valence-electron chi connectivity index (χ4n) is 2.93. The van der Waals surface area contributed by atoms with Crippen LogP contribution < -0.4 is 10.9 Å². The van der Waals surface area contributed by atoms with Crippen molar-refractivity contribution in [3.8, 4) is 0 Å². The lowest BCUT2D eigenvalue weighted by Crippen LogP contribution is -2.26. The summed E-state index contributed by atoms with van der Waals surface area (Å²) in [6.45, 7) is 0.938. The molecule has 0 aromatic carbocycles. The van der Waals surface area contributed by atoms with Crippen molar-refractivity contribution in [2.45, 2.75) is 50.9 Å². The monoisotopic (exact) mass is 233 g/mol. The first-order valence-electron chi connectivity index (χ1n) is 6.71. The van der Waals surface area contributed by atoms with Gasteiger partial charge < -0.3 is 10.3 Å². The van der Waals surface area contributed by atoms with Crippen LogP contribution in [0.1, 0.15) is 55.8 Å². The molecule has 0 saturated heterocycles. The first kappa shape index (κ1) is 10.8. The number of aromatic amines is 1. The SMILES string of the molecule is O=c1[nH]c(C2CCCCC2)nc2c1CCCN2. The van der Waals surface area contributed by atoms with Crippen molar-refractivity contribution in [3.63, 3.8) is 0 Å². The van der Waals surface area contributed by atoms with Gasteiger partial charge in [-0.3, -0.25) is 4.79 Å². The Morgan fingerprint density at radius 1 is 1.12 bits per heavy atom. The van der Waals surface area contributed by atoms with Gasteiger partial charge in [0.1, 0.15) is 11.6 Å². The Labute approximate surface area is 101 Å². The molecule has 0 atom stereocenters. The van der Waals surface area contributed by atoms with E-state index in [1.54, 1.807) is 0 Å². The summed E-state index contributed by atoms with van der Waals surface area (Å²) >= 11 is 0. The van der Waals surface area contributed by atoms with E-state index in [4.69, 9.17) is 0 Å². The lowest BCUT2D eigenvalue weighted by Gasteiger charge is -2.23. The van der Waals surface area contributed by atoms with Crippen LogP contribution in [0.3, 0.4) is 0 Å². The van der Waals surface area contributed by atoms with Crippen LogP contribution >= 0.6 is 0 Å². The summed E-state index contributed by atoms with van der Waals surface area (Å²) in [5.74, 6) is 2.20. The van der Waals surface area contributed by atoms with E-state index in [0.29, 0.717) is 5.92 Å². The van der Waals surface area contributed by atoms with Gasteiger partial charge in [-0.25, -0.2) is 4.98 Å². The van der Waals surface area contributed by atoms with Gasteiger partial charge in [-0.1, -0.05) is 19.3 Å². The number of nitrogens with zero attached hydrogens (tertiary/aromatic N) is 1. The zero-order chi connectivity index (χ0) is 11.7. The molecule has 1 aromatic heterocycles. The maximum absolute atomic E-state index is 12.0. The van der Waals surface area contributed by atoms with Gasteiger partial charge in [0.2, 0.25) is 0 Å². The van der Waals surface area contributed by atoms with E-state index < -0.39 is 0 Å². The van der Waals surface area contributed by atoms with E-state index in [1.165, 1.54) is 32.1 Å². The highest BCUT2D eigenvalue weighted by atomic mass is 16.1. The number of rotatable bonds is 1. The summed E-state index contributed by atoms with van der Waals surface area (Å²) in [5.41, 5.74) is 0.915. The van der Waals surface area contributed by atoms with Crippen molar-refractivity contribution in [2.24, 2.45) is 0 Å². The standard InChI is InChI=1S/C13H19N3O/c17-13-10-7-4-8-14-12(10)15-11(16-13)9-5-2-1-3-6-9/h9H,1-8H2,(H2,14,15,16,17). The van der Waals surface area contributed by atoms with Gasteiger partial charge in [0.15, 0.2) is 0 Å². The Hall–Kier alpha value is -1.32. The average Bonchev–Trinajstić information content (AvgIpc) is 2.40. The molecule has 2 N–H and O–H groups in total. The molecule has 3 rings (SSSR count). The topological polar surface area (TPSA) is 57.8 Å². The third-order valence-corrected chi connectivity index (χ3v) is 3.92. The summed E-state index contributed by atoms with van der Waals surface area (Å²) in [7, 11) is 0. The summed E-state index contributed by atoms with van der Waals surface area (Å²) in [5, 5.41) is 3.25. The van der Waals surface area contributed by atoms with Crippen molar-refractivity contribution >= 4 is 5.82 Å². The van der Waals surface area contributed by atoms with Crippen LogP contribution in [0.15, 0.2) is 4.79 Å². The molecular formula is C13H19N3O. The smallest absolute Gasteiger partial charge is 0.256 e. The highest BCUT2D eigenvalue weighted by Gasteiger charge is 2.21. The van der Waals surface area contributed by atoms with E-state index in [9.17, 15) is 4.79 Å². The molecule has 2 aliphatic rings. The minimum atomic E-state index is 0.0720. The van der Waals surface area contributed by atoms with Crippen molar-refractivity contribution < 1.29 is 0 Å². The molecule has 1 aromatic rings. The van der Waals surface area contributed by atoms with E-state index >= 15 is 0 Å². The third-order valence-electron chi connectivity index (χ3n) is 3.92. The van der Waals surface area contributed by atoms with Gasteiger partial charge in [-0.05, 0) is 25.7 Å². The fourth-order valence-corrected chi connectivity index (χ4v) is 2.93. The lowest BCUT2D eigenvalue weighted by atomic mass is 9.88. The Morgan fingerprint density at radius 3 is 2.76 bits per heavy atom. The second-order valence-electron chi connectivity index (χ2n) is 5.14. The summed E-state index contributed by atoms with van der Waals surface area (Å²) in [4.78, 5) is 19.6.